The number of hydrogen-bond donors (Lipinski definition) is 3. The molecule has 2 rings (SSSR count). The molecular formula is C15H21ClN2O2. The number of hydrogen-bond acceptors (Lipinski definition) is 3. The number of amides is 1. The molecule has 1 aliphatic carbocycles. The van der Waals surface area contributed by atoms with Crippen LogP contribution in [0.2, 0.25) is 5.02 Å². The van der Waals surface area contributed by atoms with Crippen molar-refractivity contribution in [1.29, 1.82) is 0 Å². The van der Waals surface area contributed by atoms with E-state index in [1.165, 1.54) is 0 Å². The summed E-state index contributed by atoms with van der Waals surface area (Å²) in [6.45, 7) is 0.175. The second kappa shape index (κ2) is 7.07. The molecule has 3 unspecified atom stereocenters. The zero-order valence-corrected chi connectivity index (χ0v) is 12.1. The minimum absolute atomic E-state index is 0.0220. The lowest BCUT2D eigenvalue weighted by Gasteiger charge is -2.26. The highest BCUT2D eigenvalue weighted by Crippen LogP contribution is 2.24. The van der Waals surface area contributed by atoms with Crippen molar-refractivity contribution in [2.24, 2.45) is 11.7 Å². The molecule has 0 bridgehead atoms. The van der Waals surface area contributed by atoms with Crippen LogP contribution in [0.4, 0.5) is 0 Å². The summed E-state index contributed by atoms with van der Waals surface area (Å²) >= 11 is 6.01. The van der Waals surface area contributed by atoms with E-state index in [1.807, 2.05) is 6.07 Å². The van der Waals surface area contributed by atoms with Crippen LogP contribution in [0.25, 0.3) is 0 Å². The summed E-state index contributed by atoms with van der Waals surface area (Å²) in [7, 11) is 0. The number of aliphatic hydroxyl groups is 1. The molecule has 0 aromatic heterocycles. The first kappa shape index (κ1) is 15.3. The average molecular weight is 297 g/mol. The monoisotopic (exact) mass is 296 g/mol. The maximum absolute atomic E-state index is 12.1. The predicted octanol–water partition coefficient (Wildman–Crippen LogP) is 2.01. The summed E-state index contributed by atoms with van der Waals surface area (Å²) in [5.74, 6) is -0.0524. The van der Waals surface area contributed by atoms with Gasteiger partial charge >= 0.3 is 0 Å². The first-order valence-corrected chi connectivity index (χ1v) is 7.41. The lowest BCUT2D eigenvalue weighted by molar-refractivity contribution is -0.126. The van der Waals surface area contributed by atoms with Gasteiger partial charge in [0.05, 0.1) is 6.10 Å². The van der Waals surface area contributed by atoms with Gasteiger partial charge in [-0.1, -0.05) is 36.2 Å². The first-order chi connectivity index (χ1) is 9.58. The summed E-state index contributed by atoms with van der Waals surface area (Å²) < 4.78 is 0. The summed E-state index contributed by atoms with van der Waals surface area (Å²) in [4.78, 5) is 12.1. The molecule has 0 radical (unpaired) electrons. The van der Waals surface area contributed by atoms with E-state index >= 15 is 0 Å². The highest BCUT2D eigenvalue weighted by atomic mass is 35.5. The molecular weight excluding hydrogens is 276 g/mol. The van der Waals surface area contributed by atoms with Crippen LogP contribution < -0.4 is 11.1 Å². The SMILES string of the molecule is NC1CCCC(C(=O)NCC(O)c2ccccc2Cl)C1. The Morgan fingerprint density at radius 2 is 2.20 bits per heavy atom. The number of rotatable bonds is 4. The Bertz CT molecular complexity index is 467. The maximum atomic E-state index is 12.1. The molecule has 110 valence electrons. The van der Waals surface area contributed by atoms with E-state index in [9.17, 15) is 9.90 Å². The summed E-state index contributed by atoms with van der Waals surface area (Å²) in [6.07, 6.45) is 2.80. The number of aliphatic hydroxyl groups excluding tert-OH is 1. The number of nitrogens with two attached hydrogens (primary N) is 1. The van der Waals surface area contributed by atoms with Gasteiger partial charge in [-0.15, -0.1) is 0 Å². The molecule has 1 aromatic rings. The van der Waals surface area contributed by atoms with Crippen LogP contribution in [0.3, 0.4) is 0 Å². The van der Waals surface area contributed by atoms with Crippen molar-refractivity contribution < 1.29 is 9.90 Å². The van der Waals surface area contributed by atoms with Gasteiger partial charge in [-0.3, -0.25) is 4.79 Å². The molecule has 1 aliphatic rings. The Labute approximate surface area is 124 Å². The van der Waals surface area contributed by atoms with Crippen LogP contribution in [0, 0.1) is 5.92 Å². The van der Waals surface area contributed by atoms with Gasteiger partial charge in [0.2, 0.25) is 5.91 Å². The van der Waals surface area contributed by atoms with Gasteiger partial charge in [0.1, 0.15) is 0 Å². The van der Waals surface area contributed by atoms with E-state index < -0.39 is 6.10 Å². The van der Waals surface area contributed by atoms with Gasteiger partial charge in [-0.25, -0.2) is 0 Å². The quantitative estimate of drug-likeness (QED) is 0.795. The molecule has 0 saturated heterocycles. The zero-order valence-electron chi connectivity index (χ0n) is 11.4. The minimum Gasteiger partial charge on any atom is -0.387 e. The molecule has 3 atom stereocenters. The fourth-order valence-electron chi connectivity index (χ4n) is 2.66. The molecule has 20 heavy (non-hydrogen) atoms. The first-order valence-electron chi connectivity index (χ1n) is 7.03. The molecule has 1 saturated carbocycles. The van der Waals surface area contributed by atoms with E-state index in [-0.39, 0.29) is 24.4 Å². The third-order valence-electron chi connectivity index (χ3n) is 3.82. The minimum atomic E-state index is -0.787. The zero-order chi connectivity index (χ0) is 14.5. The van der Waals surface area contributed by atoms with Crippen LogP contribution in [0.5, 0.6) is 0 Å². The summed E-state index contributed by atoms with van der Waals surface area (Å²) in [5, 5.41) is 13.4. The molecule has 4 N–H and O–H groups in total. The molecule has 4 nitrogen and oxygen atoms in total. The summed E-state index contributed by atoms with van der Waals surface area (Å²) in [6, 6.07) is 7.22. The number of carbonyl (C=O) groups excluding carboxylic acids is 1. The van der Waals surface area contributed by atoms with Gasteiger partial charge in [-0.05, 0) is 25.3 Å². The summed E-state index contributed by atoms with van der Waals surface area (Å²) in [5.41, 5.74) is 6.52. The smallest absolute Gasteiger partial charge is 0.223 e. The molecule has 0 aliphatic heterocycles. The lowest BCUT2D eigenvalue weighted by atomic mass is 9.85. The van der Waals surface area contributed by atoms with E-state index in [1.54, 1.807) is 18.2 Å². The van der Waals surface area contributed by atoms with E-state index in [0.29, 0.717) is 10.6 Å². The molecule has 1 amide bonds. The van der Waals surface area contributed by atoms with Crippen LogP contribution in [0.15, 0.2) is 24.3 Å². The van der Waals surface area contributed by atoms with Gasteiger partial charge in [0.15, 0.2) is 0 Å². The third-order valence-corrected chi connectivity index (χ3v) is 4.16. The van der Waals surface area contributed by atoms with E-state index in [0.717, 1.165) is 25.7 Å². The van der Waals surface area contributed by atoms with Gasteiger partial charge < -0.3 is 16.2 Å². The molecule has 5 heteroatoms. The van der Waals surface area contributed by atoms with Crippen molar-refractivity contribution in [2.75, 3.05) is 6.54 Å². The number of nitrogens with one attached hydrogen (secondary N) is 1. The molecule has 1 fully saturated rings. The van der Waals surface area contributed by atoms with Crippen molar-refractivity contribution in [1.82, 2.24) is 5.32 Å². The van der Waals surface area contributed by atoms with Crippen molar-refractivity contribution >= 4 is 17.5 Å². The van der Waals surface area contributed by atoms with Crippen LogP contribution in [0.1, 0.15) is 37.4 Å². The molecule has 1 aromatic carbocycles. The Kier molecular flexibility index (Phi) is 5.40. The maximum Gasteiger partial charge on any atom is 0.223 e. The predicted molar refractivity (Wildman–Crippen MR) is 79.4 cm³/mol. The highest BCUT2D eigenvalue weighted by molar-refractivity contribution is 6.31. The van der Waals surface area contributed by atoms with Crippen molar-refractivity contribution in [2.45, 2.75) is 37.8 Å². The average Bonchev–Trinajstić information content (AvgIpc) is 2.45. The van der Waals surface area contributed by atoms with E-state index in [4.69, 9.17) is 17.3 Å². The van der Waals surface area contributed by atoms with E-state index in [2.05, 4.69) is 5.32 Å². The highest BCUT2D eigenvalue weighted by Gasteiger charge is 2.25. The molecule has 0 spiro atoms. The fourth-order valence-corrected chi connectivity index (χ4v) is 2.92. The van der Waals surface area contributed by atoms with Crippen LogP contribution in [-0.4, -0.2) is 23.6 Å². The number of halogens is 1. The normalized spacial score (nSPS) is 24.1. The van der Waals surface area contributed by atoms with Crippen molar-refractivity contribution in [3.8, 4) is 0 Å². The van der Waals surface area contributed by atoms with Gasteiger partial charge in [-0.2, -0.15) is 0 Å². The van der Waals surface area contributed by atoms with Crippen LogP contribution >= 0.6 is 11.6 Å². The number of benzene rings is 1. The second-order valence-electron chi connectivity index (χ2n) is 5.41. The molecule has 0 heterocycles. The third kappa shape index (κ3) is 3.95. The van der Waals surface area contributed by atoms with Gasteiger partial charge in [0, 0.05) is 29.1 Å². The van der Waals surface area contributed by atoms with Crippen molar-refractivity contribution in [3.63, 3.8) is 0 Å². The van der Waals surface area contributed by atoms with Gasteiger partial charge in [0.25, 0.3) is 0 Å². The topological polar surface area (TPSA) is 75.4 Å². The largest absolute Gasteiger partial charge is 0.387 e. The Balaban J connectivity index is 1.85. The standard InChI is InChI=1S/C15H21ClN2O2/c16-13-7-2-1-6-12(13)14(19)9-18-15(20)10-4-3-5-11(17)8-10/h1-2,6-7,10-11,14,19H,3-5,8-9,17H2,(H,18,20). The second-order valence-corrected chi connectivity index (χ2v) is 5.81. The van der Waals surface area contributed by atoms with Crippen LogP contribution in [-0.2, 0) is 4.79 Å². The Morgan fingerprint density at radius 3 is 2.90 bits per heavy atom. The van der Waals surface area contributed by atoms with Crippen molar-refractivity contribution in [3.05, 3.63) is 34.9 Å². The lowest BCUT2D eigenvalue weighted by Crippen LogP contribution is -2.39. The Hall–Kier alpha value is -1.10. The number of carbonyl (C=O) groups is 1. The Morgan fingerprint density at radius 1 is 1.45 bits per heavy atom. The fraction of sp³-hybridized carbons (Fsp3) is 0.533.